The van der Waals surface area contributed by atoms with E-state index in [1.54, 1.807) is 4.90 Å². The van der Waals surface area contributed by atoms with Crippen LogP contribution >= 0.6 is 0 Å². The summed E-state index contributed by atoms with van der Waals surface area (Å²) in [6, 6.07) is 0. The van der Waals surface area contributed by atoms with Gasteiger partial charge >= 0.3 is 12.1 Å². The van der Waals surface area contributed by atoms with Gasteiger partial charge in [-0.2, -0.15) is 0 Å². The molecule has 2 aliphatic rings. The van der Waals surface area contributed by atoms with Crippen molar-refractivity contribution < 1.29 is 24.2 Å². The van der Waals surface area contributed by atoms with Gasteiger partial charge in [-0.1, -0.05) is 12.7 Å². The van der Waals surface area contributed by atoms with E-state index >= 15 is 0 Å². The number of likely N-dealkylation sites (tertiary alicyclic amines) is 1. The molecule has 0 radical (unpaired) electrons. The highest BCUT2D eigenvalue weighted by atomic mass is 16.6. The number of carboxylic acid groups (broad SMARTS) is 1. The molecule has 0 aromatic carbocycles. The monoisotopic (exact) mass is 297 g/mol. The van der Waals surface area contributed by atoms with E-state index < -0.39 is 11.4 Å². The zero-order chi connectivity index (χ0) is 15.3. The van der Waals surface area contributed by atoms with Gasteiger partial charge in [-0.05, 0) is 31.6 Å². The Morgan fingerprint density at radius 1 is 1.33 bits per heavy atom. The highest BCUT2D eigenvalue weighted by Gasteiger charge is 2.47. The third kappa shape index (κ3) is 3.37. The largest absolute Gasteiger partial charge is 0.481 e. The predicted molar refractivity (Wildman–Crippen MR) is 76.0 cm³/mol. The van der Waals surface area contributed by atoms with Gasteiger partial charge < -0.3 is 19.5 Å². The predicted octanol–water partition coefficient (Wildman–Crippen LogP) is 1.90. The van der Waals surface area contributed by atoms with Crippen LogP contribution in [-0.4, -0.2) is 55.0 Å². The van der Waals surface area contributed by atoms with Gasteiger partial charge in [-0.25, -0.2) is 4.79 Å². The number of carbonyl (C=O) groups is 2. The van der Waals surface area contributed by atoms with Gasteiger partial charge in [0.15, 0.2) is 0 Å². The molecule has 0 unspecified atom stereocenters. The Bertz CT molecular complexity index is 395. The molecule has 0 saturated carbocycles. The molecule has 0 aromatic rings. The smallest absolute Gasteiger partial charge is 0.410 e. The topological polar surface area (TPSA) is 76.1 Å². The van der Waals surface area contributed by atoms with Crippen LogP contribution in [0, 0.1) is 11.3 Å². The minimum atomic E-state index is -0.724. The van der Waals surface area contributed by atoms with E-state index in [4.69, 9.17) is 9.47 Å². The molecule has 118 valence electrons. The first-order chi connectivity index (χ1) is 10.1. The number of nitrogens with zero attached hydrogens (tertiary/aromatic N) is 1. The summed E-state index contributed by atoms with van der Waals surface area (Å²) in [4.78, 5) is 25.2. The second-order valence-electron chi connectivity index (χ2n) is 5.70. The standard InChI is InChI=1S/C15H23NO5/c1-2-9-21-14(19)16-7-3-12(4-8-16)15(13(17)18)5-10-20-11-6-15/h2,12H,1,3-11H2,(H,17,18). The summed E-state index contributed by atoms with van der Waals surface area (Å²) < 4.78 is 10.3. The van der Waals surface area contributed by atoms with Crippen molar-refractivity contribution in [1.82, 2.24) is 4.90 Å². The van der Waals surface area contributed by atoms with Crippen LogP contribution in [0.3, 0.4) is 0 Å². The minimum absolute atomic E-state index is 0.0994. The van der Waals surface area contributed by atoms with Gasteiger partial charge in [-0.15, -0.1) is 0 Å². The van der Waals surface area contributed by atoms with Crippen LogP contribution in [0.4, 0.5) is 4.79 Å². The average Bonchev–Trinajstić information content (AvgIpc) is 2.53. The average molecular weight is 297 g/mol. The molecule has 1 N–H and O–H groups in total. The number of aliphatic carboxylic acids is 1. The number of hydrogen-bond acceptors (Lipinski definition) is 4. The van der Waals surface area contributed by atoms with E-state index in [1.807, 2.05) is 0 Å². The molecular formula is C15H23NO5. The zero-order valence-electron chi connectivity index (χ0n) is 12.3. The van der Waals surface area contributed by atoms with Gasteiger partial charge in [0.25, 0.3) is 0 Å². The van der Waals surface area contributed by atoms with Crippen molar-refractivity contribution in [3.05, 3.63) is 12.7 Å². The van der Waals surface area contributed by atoms with E-state index in [-0.39, 0.29) is 18.6 Å². The van der Waals surface area contributed by atoms with Crippen molar-refractivity contribution in [2.24, 2.45) is 11.3 Å². The first-order valence-corrected chi connectivity index (χ1v) is 7.44. The van der Waals surface area contributed by atoms with Crippen LogP contribution in [-0.2, 0) is 14.3 Å². The third-order valence-electron chi connectivity index (χ3n) is 4.67. The summed E-state index contributed by atoms with van der Waals surface area (Å²) >= 11 is 0. The summed E-state index contributed by atoms with van der Waals surface area (Å²) in [5.41, 5.74) is -0.685. The molecule has 0 atom stereocenters. The first kappa shape index (κ1) is 15.8. The molecule has 6 heteroatoms. The van der Waals surface area contributed by atoms with Gasteiger partial charge in [0.2, 0.25) is 0 Å². The highest BCUT2D eigenvalue weighted by molar-refractivity contribution is 5.75. The fourth-order valence-corrected chi connectivity index (χ4v) is 3.37. The summed E-state index contributed by atoms with van der Waals surface area (Å²) in [5, 5.41) is 9.66. The van der Waals surface area contributed by atoms with Crippen LogP contribution in [0.2, 0.25) is 0 Å². The van der Waals surface area contributed by atoms with Gasteiger partial charge in [-0.3, -0.25) is 4.79 Å². The molecule has 0 aliphatic carbocycles. The quantitative estimate of drug-likeness (QED) is 0.802. The number of ether oxygens (including phenoxy) is 2. The number of hydrogen-bond donors (Lipinski definition) is 1. The Labute approximate surface area is 124 Å². The van der Waals surface area contributed by atoms with E-state index in [0.29, 0.717) is 52.0 Å². The minimum Gasteiger partial charge on any atom is -0.481 e. The van der Waals surface area contributed by atoms with Crippen molar-refractivity contribution in [3.8, 4) is 0 Å². The lowest BCUT2D eigenvalue weighted by molar-refractivity contribution is -0.162. The summed E-state index contributed by atoms with van der Waals surface area (Å²) in [6.07, 6.45) is 3.73. The molecular weight excluding hydrogens is 274 g/mol. The Balaban J connectivity index is 1.94. The van der Waals surface area contributed by atoms with E-state index in [2.05, 4.69) is 6.58 Å². The van der Waals surface area contributed by atoms with Gasteiger partial charge in [0.1, 0.15) is 6.61 Å². The maximum Gasteiger partial charge on any atom is 0.410 e. The zero-order valence-corrected chi connectivity index (χ0v) is 12.3. The molecule has 6 nitrogen and oxygen atoms in total. The normalized spacial score (nSPS) is 22.6. The molecule has 21 heavy (non-hydrogen) atoms. The maximum absolute atomic E-state index is 11.8. The van der Waals surface area contributed by atoms with E-state index in [0.717, 1.165) is 0 Å². The molecule has 2 rings (SSSR count). The number of carboxylic acids is 1. The number of carbonyl (C=O) groups excluding carboxylic acids is 1. The molecule has 2 fully saturated rings. The lowest BCUT2D eigenvalue weighted by Crippen LogP contribution is -2.49. The maximum atomic E-state index is 11.8. The van der Waals surface area contributed by atoms with Crippen molar-refractivity contribution in [2.75, 3.05) is 32.9 Å². The number of rotatable bonds is 4. The van der Waals surface area contributed by atoms with Crippen molar-refractivity contribution >= 4 is 12.1 Å². The highest BCUT2D eigenvalue weighted by Crippen LogP contribution is 2.43. The van der Waals surface area contributed by atoms with Crippen molar-refractivity contribution in [1.29, 1.82) is 0 Å². The second-order valence-corrected chi connectivity index (χ2v) is 5.70. The Kier molecular flexibility index (Phi) is 5.22. The van der Waals surface area contributed by atoms with Crippen LogP contribution < -0.4 is 0 Å². The Hall–Kier alpha value is -1.56. The number of piperidine rings is 1. The van der Waals surface area contributed by atoms with Crippen LogP contribution in [0.15, 0.2) is 12.7 Å². The third-order valence-corrected chi connectivity index (χ3v) is 4.67. The second kappa shape index (κ2) is 6.93. The molecule has 0 aromatic heterocycles. The molecule has 2 aliphatic heterocycles. The molecule has 2 heterocycles. The molecule has 2 saturated heterocycles. The summed E-state index contributed by atoms with van der Waals surface area (Å²) in [5.74, 6) is -0.624. The lowest BCUT2D eigenvalue weighted by atomic mass is 9.66. The fraction of sp³-hybridized carbons (Fsp3) is 0.733. The molecule has 0 bridgehead atoms. The van der Waals surface area contributed by atoms with Gasteiger partial charge in [0, 0.05) is 26.3 Å². The Morgan fingerprint density at radius 2 is 1.95 bits per heavy atom. The van der Waals surface area contributed by atoms with Crippen LogP contribution in [0.5, 0.6) is 0 Å². The van der Waals surface area contributed by atoms with E-state index in [1.165, 1.54) is 6.08 Å². The SMILES string of the molecule is C=CCOC(=O)N1CCC(C2(C(=O)O)CCOCC2)CC1. The summed E-state index contributed by atoms with van der Waals surface area (Å²) in [6.45, 7) is 5.83. The molecule has 1 amide bonds. The first-order valence-electron chi connectivity index (χ1n) is 7.44. The van der Waals surface area contributed by atoms with Gasteiger partial charge in [0.05, 0.1) is 5.41 Å². The van der Waals surface area contributed by atoms with Crippen LogP contribution in [0.1, 0.15) is 25.7 Å². The fourth-order valence-electron chi connectivity index (χ4n) is 3.37. The van der Waals surface area contributed by atoms with E-state index in [9.17, 15) is 14.7 Å². The van der Waals surface area contributed by atoms with Crippen molar-refractivity contribution in [3.63, 3.8) is 0 Å². The van der Waals surface area contributed by atoms with Crippen LogP contribution in [0.25, 0.3) is 0 Å². The van der Waals surface area contributed by atoms with Crippen molar-refractivity contribution in [2.45, 2.75) is 25.7 Å². The number of amides is 1. The Morgan fingerprint density at radius 3 is 2.48 bits per heavy atom. The summed E-state index contributed by atoms with van der Waals surface area (Å²) in [7, 11) is 0. The molecule has 0 spiro atoms. The lowest BCUT2D eigenvalue weighted by Gasteiger charge is -2.43.